The van der Waals surface area contributed by atoms with Crippen molar-refractivity contribution < 1.29 is 0 Å². The molecular formula is C15H13BrN2S. The number of H-pyrrole nitrogens is 1. The van der Waals surface area contributed by atoms with Crippen LogP contribution in [-0.2, 0) is 5.75 Å². The van der Waals surface area contributed by atoms with Gasteiger partial charge in [0.15, 0.2) is 5.16 Å². The fraction of sp³-hybridized carbons (Fsp3) is 0.133. The summed E-state index contributed by atoms with van der Waals surface area (Å²) in [6, 6.07) is 14.5. The fourth-order valence-corrected chi connectivity index (χ4v) is 3.43. The Morgan fingerprint density at radius 3 is 2.84 bits per heavy atom. The van der Waals surface area contributed by atoms with Crippen molar-refractivity contribution in [1.82, 2.24) is 9.97 Å². The highest BCUT2D eigenvalue weighted by Crippen LogP contribution is 2.28. The largest absolute Gasteiger partial charge is 0.333 e. The zero-order valence-electron chi connectivity index (χ0n) is 10.5. The molecule has 96 valence electrons. The van der Waals surface area contributed by atoms with E-state index in [1.165, 1.54) is 15.6 Å². The normalized spacial score (nSPS) is 11.1. The zero-order valence-corrected chi connectivity index (χ0v) is 12.9. The minimum Gasteiger partial charge on any atom is -0.333 e. The Morgan fingerprint density at radius 1 is 1.16 bits per heavy atom. The third-order valence-corrected chi connectivity index (χ3v) is 5.06. The molecule has 0 fully saturated rings. The van der Waals surface area contributed by atoms with E-state index in [1.54, 1.807) is 11.8 Å². The lowest BCUT2D eigenvalue weighted by Gasteiger charge is -2.05. The number of para-hydroxylation sites is 2. The van der Waals surface area contributed by atoms with Crippen LogP contribution in [0.1, 0.15) is 11.1 Å². The number of benzene rings is 2. The molecule has 2 nitrogen and oxygen atoms in total. The van der Waals surface area contributed by atoms with E-state index in [9.17, 15) is 0 Å². The molecule has 1 heterocycles. The Kier molecular flexibility index (Phi) is 3.62. The lowest BCUT2D eigenvalue weighted by Crippen LogP contribution is -1.86. The van der Waals surface area contributed by atoms with Gasteiger partial charge in [-0.1, -0.05) is 58.0 Å². The number of fused-ring (bicyclic) bond motifs is 1. The average Bonchev–Trinajstić information content (AvgIpc) is 2.83. The molecule has 1 N–H and O–H groups in total. The second kappa shape index (κ2) is 5.39. The standard InChI is InChI=1S/C15H13BrN2S/c1-10-5-4-6-11(14(10)16)9-19-15-17-12-7-2-3-8-13(12)18-15/h2-8H,9H2,1H3,(H,17,18). The van der Waals surface area contributed by atoms with Crippen molar-refractivity contribution in [3.63, 3.8) is 0 Å². The van der Waals surface area contributed by atoms with Crippen LogP contribution in [0.4, 0.5) is 0 Å². The van der Waals surface area contributed by atoms with Crippen LogP contribution in [0.5, 0.6) is 0 Å². The summed E-state index contributed by atoms with van der Waals surface area (Å²) in [5.74, 6) is 0.905. The first-order valence-corrected chi connectivity index (χ1v) is 7.83. The molecule has 3 rings (SSSR count). The number of halogens is 1. The number of aromatic amines is 1. The van der Waals surface area contributed by atoms with Gasteiger partial charge in [-0.2, -0.15) is 0 Å². The maximum atomic E-state index is 4.57. The summed E-state index contributed by atoms with van der Waals surface area (Å²) in [6.07, 6.45) is 0. The molecule has 0 spiro atoms. The summed E-state index contributed by atoms with van der Waals surface area (Å²) >= 11 is 5.37. The van der Waals surface area contributed by atoms with Crippen molar-refractivity contribution >= 4 is 38.7 Å². The van der Waals surface area contributed by atoms with Gasteiger partial charge in [-0.05, 0) is 30.2 Å². The van der Waals surface area contributed by atoms with Crippen LogP contribution >= 0.6 is 27.7 Å². The molecule has 3 aromatic rings. The van der Waals surface area contributed by atoms with Gasteiger partial charge in [-0.25, -0.2) is 4.98 Å². The Hall–Kier alpha value is -1.26. The molecule has 0 unspecified atom stereocenters. The lowest BCUT2D eigenvalue weighted by atomic mass is 10.2. The van der Waals surface area contributed by atoms with Gasteiger partial charge in [0.25, 0.3) is 0 Å². The number of aryl methyl sites for hydroxylation is 1. The molecule has 0 atom stereocenters. The maximum Gasteiger partial charge on any atom is 0.166 e. The molecule has 0 amide bonds. The van der Waals surface area contributed by atoms with Gasteiger partial charge in [-0.3, -0.25) is 0 Å². The van der Waals surface area contributed by atoms with E-state index in [0.29, 0.717) is 0 Å². The summed E-state index contributed by atoms with van der Waals surface area (Å²) in [4.78, 5) is 7.91. The van der Waals surface area contributed by atoms with Gasteiger partial charge in [0.1, 0.15) is 0 Å². The number of nitrogens with zero attached hydrogens (tertiary/aromatic N) is 1. The highest BCUT2D eigenvalue weighted by molar-refractivity contribution is 9.10. The van der Waals surface area contributed by atoms with Crippen LogP contribution in [0.3, 0.4) is 0 Å². The van der Waals surface area contributed by atoms with Gasteiger partial charge < -0.3 is 4.98 Å². The van der Waals surface area contributed by atoms with Crippen LogP contribution in [-0.4, -0.2) is 9.97 Å². The van der Waals surface area contributed by atoms with E-state index in [0.717, 1.165) is 21.9 Å². The minimum atomic E-state index is 0.905. The highest BCUT2D eigenvalue weighted by atomic mass is 79.9. The average molecular weight is 333 g/mol. The second-order valence-corrected chi connectivity index (χ2v) is 6.15. The molecule has 0 aliphatic rings. The Bertz CT molecular complexity index is 688. The summed E-state index contributed by atoms with van der Waals surface area (Å²) in [7, 11) is 0. The topological polar surface area (TPSA) is 28.7 Å². The van der Waals surface area contributed by atoms with Crippen LogP contribution in [0.2, 0.25) is 0 Å². The summed E-state index contributed by atoms with van der Waals surface area (Å²) in [6.45, 7) is 2.11. The quantitative estimate of drug-likeness (QED) is 0.689. The van der Waals surface area contributed by atoms with Crippen molar-refractivity contribution in [2.24, 2.45) is 0 Å². The molecule has 1 aromatic heterocycles. The molecule has 0 saturated carbocycles. The smallest absolute Gasteiger partial charge is 0.166 e. The zero-order chi connectivity index (χ0) is 13.2. The van der Waals surface area contributed by atoms with E-state index < -0.39 is 0 Å². The highest BCUT2D eigenvalue weighted by Gasteiger charge is 2.06. The molecule has 0 bridgehead atoms. The molecule has 0 saturated heterocycles. The number of hydrogen-bond donors (Lipinski definition) is 1. The van der Waals surface area contributed by atoms with Gasteiger partial charge in [0.05, 0.1) is 11.0 Å². The van der Waals surface area contributed by atoms with Gasteiger partial charge >= 0.3 is 0 Å². The van der Waals surface area contributed by atoms with Gasteiger partial charge in [-0.15, -0.1) is 0 Å². The van der Waals surface area contributed by atoms with Crippen LogP contribution in [0.15, 0.2) is 52.1 Å². The Labute approximate surface area is 124 Å². The lowest BCUT2D eigenvalue weighted by molar-refractivity contribution is 1.08. The van der Waals surface area contributed by atoms with E-state index in [1.807, 2.05) is 18.2 Å². The van der Waals surface area contributed by atoms with Crippen LogP contribution < -0.4 is 0 Å². The fourth-order valence-electron chi connectivity index (χ4n) is 1.96. The van der Waals surface area contributed by atoms with Crippen molar-refractivity contribution in [2.45, 2.75) is 17.8 Å². The summed E-state index contributed by atoms with van der Waals surface area (Å²) in [5.41, 5.74) is 4.68. The molecule has 19 heavy (non-hydrogen) atoms. The first-order chi connectivity index (χ1) is 9.24. The number of hydrogen-bond acceptors (Lipinski definition) is 2. The number of thioether (sulfide) groups is 1. The molecule has 2 aromatic carbocycles. The van der Waals surface area contributed by atoms with E-state index in [2.05, 4.69) is 57.1 Å². The SMILES string of the molecule is Cc1cccc(CSc2nc3ccccc3[nH]2)c1Br. The molecule has 0 aliphatic carbocycles. The number of rotatable bonds is 3. The third-order valence-electron chi connectivity index (χ3n) is 3.00. The predicted octanol–water partition coefficient (Wildman–Crippen LogP) is 4.93. The minimum absolute atomic E-state index is 0.905. The first-order valence-electron chi connectivity index (χ1n) is 6.05. The van der Waals surface area contributed by atoms with Crippen molar-refractivity contribution in [3.8, 4) is 0 Å². The van der Waals surface area contributed by atoms with Gasteiger partial charge in [0, 0.05) is 10.2 Å². The molecule has 4 heteroatoms. The first kappa shape index (κ1) is 12.8. The van der Waals surface area contributed by atoms with E-state index in [4.69, 9.17) is 0 Å². The number of nitrogens with one attached hydrogen (secondary N) is 1. The van der Waals surface area contributed by atoms with Crippen molar-refractivity contribution in [1.29, 1.82) is 0 Å². The number of aromatic nitrogens is 2. The maximum absolute atomic E-state index is 4.57. The predicted molar refractivity (Wildman–Crippen MR) is 84.5 cm³/mol. The van der Waals surface area contributed by atoms with Crippen molar-refractivity contribution in [2.75, 3.05) is 0 Å². The molecular weight excluding hydrogens is 320 g/mol. The molecule has 0 radical (unpaired) electrons. The summed E-state index contributed by atoms with van der Waals surface area (Å²) < 4.78 is 1.19. The van der Waals surface area contributed by atoms with Crippen LogP contribution in [0, 0.1) is 6.92 Å². The molecule has 0 aliphatic heterocycles. The van der Waals surface area contributed by atoms with Crippen LogP contribution in [0.25, 0.3) is 11.0 Å². The second-order valence-electron chi connectivity index (χ2n) is 4.40. The Morgan fingerprint density at radius 2 is 2.00 bits per heavy atom. The van der Waals surface area contributed by atoms with E-state index >= 15 is 0 Å². The van der Waals surface area contributed by atoms with E-state index in [-0.39, 0.29) is 0 Å². The number of imidazole rings is 1. The monoisotopic (exact) mass is 332 g/mol. The van der Waals surface area contributed by atoms with Crippen molar-refractivity contribution in [3.05, 3.63) is 58.1 Å². The Balaban J connectivity index is 1.80. The summed E-state index contributed by atoms with van der Waals surface area (Å²) in [5, 5.41) is 0.967. The third kappa shape index (κ3) is 2.69. The van der Waals surface area contributed by atoms with Gasteiger partial charge in [0.2, 0.25) is 0 Å².